The van der Waals surface area contributed by atoms with Gasteiger partial charge in [-0.1, -0.05) is 0 Å². The number of H-pyrrole nitrogens is 1. The molecule has 100 valence electrons. The Kier molecular flexibility index (Phi) is 3.59. The number of hydrogen-bond donors (Lipinski definition) is 2. The van der Waals surface area contributed by atoms with Gasteiger partial charge in [0, 0.05) is 24.5 Å². The van der Waals surface area contributed by atoms with Crippen LogP contribution in [0.1, 0.15) is 21.5 Å². The number of carbonyl (C=O) groups is 1. The molecule has 2 N–H and O–H groups in total. The van der Waals surface area contributed by atoms with E-state index in [-0.39, 0.29) is 5.56 Å². The zero-order valence-corrected chi connectivity index (χ0v) is 9.79. The molecule has 0 aliphatic rings. The van der Waals surface area contributed by atoms with Crippen molar-refractivity contribution in [3.05, 3.63) is 59.4 Å². The van der Waals surface area contributed by atoms with Gasteiger partial charge >= 0.3 is 6.18 Å². The number of carbonyl (C=O) groups excluding carboxylic acids is 1. The fourth-order valence-corrected chi connectivity index (χ4v) is 1.56. The molecule has 0 saturated heterocycles. The highest BCUT2D eigenvalue weighted by Crippen LogP contribution is 2.29. The number of halogens is 3. The molecule has 0 saturated carbocycles. The van der Waals surface area contributed by atoms with Gasteiger partial charge in [0.05, 0.1) is 5.56 Å². The summed E-state index contributed by atoms with van der Waals surface area (Å²) < 4.78 is 37.1. The van der Waals surface area contributed by atoms with E-state index in [1.807, 2.05) is 0 Å². The Morgan fingerprint density at radius 3 is 2.37 bits per heavy atom. The van der Waals surface area contributed by atoms with E-state index in [1.54, 1.807) is 18.5 Å². The van der Waals surface area contributed by atoms with Crippen LogP contribution in [0.25, 0.3) is 0 Å². The number of nitrogens with one attached hydrogen (secondary N) is 2. The topological polar surface area (TPSA) is 44.9 Å². The van der Waals surface area contributed by atoms with Crippen molar-refractivity contribution in [1.29, 1.82) is 0 Å². The predicted octanol–water partition coefficient (Wildman–Crippen LogP) is 2.96. The summed E-state index contributed by atoms with van der Waals surface area (Å²) in [5.41, 5.74) is 0.318. The molecule has 0 radical (unpaired) electrons. The summed E-state index contributed by atoms with van der Waals surface area (Å²) in [6.45, 7) is 0.323. The first-order chi connectivity index (χ1) is 8.97. The molecule has 2 rings (SSSR count). The average molecular weight is 268 g/mol. The van der Waals surface area contributed by atoms with Gasteiger partial charge in [0.15, 0.2) is 0 Å². The molecule has 2 aromatic rings. The van der Waals surface area contributed by atoms with Crippen LogP contribution in [0.2, 0.25) is 0 Å². The highest BCUT2D eigenvalue weighted by atomic mass is 19.4. The minimum Gasteiger partial charge on any atom is -0.367 e. The lowest BCUT2D eigenvalue weighted by Gasteiger charge is -2.08. The third-order valence-electron chi connectivity index (χ3n) is 2.59. The van der Waals surface area contributed by atoms with E-state index >= 15 is 0 Å². The molecule has 0 fully saturated rings. The quantitative estimate of drug-likeness (QED) is 0.883. The molecule has 0 atom stereocenters. The van der Waals surface area contributed by atoms with Gasteiger partial charge in [-0.05, 0) is 35.9 Å². The number of amides is 1. The van der Waals surface area contributed by atoms with Crippen molar-refractivity contribution in [3.8, 4) is 0 Å². The van der Waals surface area contributed by atoms with E-state index in [0.717, 1.165) is 29.8 Å². The normalized spacial score (nSPS) is 11.3. The third-order valence-corrected chi connectivity index (χ3v) is 2.59. The molecular weight excluding hydrogens is 257 g/mol. The van der Waals surface area contributed by atoms with Crippen LogP contribution < -0.4 is 5.32 Å². The number of rotatable bonds is 3. The molecule has 0 aliphatic heterocycles. The van der Waals surface area contributed by atoms with Crippen molar-refractivity contribution in [2.45, 2.75) is 12.7 Å². The maximum Gasteiger partial charge on any atom is 0.416 e. The third kappa shape index (κ3) is 3.37. The number of hydrogen-bond acceptors (Lipinski definition) is 1. The second-order valence-corrected chi connectivity index (χ2v) is 3.98. The van der Waals surface area contributed by atoms with Crippen molar-refractivity contribution in [1.82, 2.24) is 10.3 Å². The Hall–Kier alpha value is -2.24. The molecule has 1 aromatic carbocycles. The molecular formula is C13H11F3N2O. The number of aromatic amines is 1. The fraction of sp³-hybridized carbons (Fsp3) is 0.154. The van der Waals surface area contributed by atoms with Gasteiger partial charge in [-0.25, -0.2) is 0 Å². The molecule has 1 aromatic heterocycles. The van der Waals surface area contributed by atoms with E-state index < -0.39 is 17.6 Å². The number of benzene rings is 1. The van der Waals surface area contributed by atoms with E-state index in [2.05, 4.69) is 10.3 Å². The van der Waals surface area contributed by atoms with Crippen molar-refractivity contribution in [3.63, 3.8) is 0 Å². The summed E-state index contributed by atoms with van der Waals surface area (Å²) in [4.78, 5) is 14.5. The van der Waals surface area contributed by atoms with Crippen LogP contribution in [0.15, 0.2) is 42.7 Å². The Balaban J connectivity index is 2.00. The zero-order chi connectivity index (χ0) is 13.9. The standard InChI is InChI=1S/C13H11F3N2O/c14-13(15,16)11-3-1-10(2-4-11)12(19)18-8-9-5-6-17-7-9/h1-7,17H,8H2,(H,18,19). The van der Waals surface area contributed by atoms with E-state index in [9.17, 15) is 18.0 Å². The molecule has 19 heavy (non-hydrogen) atoms. The first-order valence-electron chi connectivity index (χ1n) is 5.54. The number of alkyl halides is 3. The SMILES string of the molecule is O=C(NCc1cc[nH]c1)c1ccc(C(F)(F)F)cc1. The highest BCUT2D eigenvalue weighted by molar-refractivity contribution is 5.94. The van der Waals surface area contributed by atoms with E-state index in [4.69, 9.17) is 0 Å². The van der Waals surface area contributed by atoms with Crippen LogP contribution >= 0.6 is 0 Å². The largest absolute Gasteiger partial charge is 0.416 e. The maximum atomic E-state index is 12.4. The monoisotopic (exact) mass is 268 g/mol. The first-order valence-corrected chi connectivity index (χ1v) is 5.54. The lowest BCUT2D eigenvalue weighted by atomic mass is 10.1. The van der Waals surface area contributed by atoms with Crippen LogP contribution in [-0.2, 0) is 12.7 Å². The van der Waals surface area contributed by atoms with Crippen LogP contribution in [0.5, 0.6) is 0 Å². The van der Waals surface area contributed by atoms with Gasteiger partial charge in [0.1, 0.15) is 0 Å². The smallest absolute Gasteiger partial charge is 0.367 e. The minimum absolute atomic E-state index is 0.198. The van der Waals surface area contributed by atoms with Crippen LogP contribution in [0.4, 0.5) is 13.2 Å². The van der Waals surface area contributed by atoms with Gasteiger partial charge < -0.3 is 10.3 Å². The molecule has 1 heterocycles. The summed E-state index contributed by atoms with van der Waals surface area (Å²) in [6, 6.07) is 5.91. The molecule has 0 aliphatic carbocycles. The molecule has 6 heteroatoms. The van der Waals surface area contributed by atoms with E-state index in [1.165, 1.54) is 0 Å². The van der Waals surface area contributed by atoms with Gasteiger partial charge in [-0.15, -0.1) is 0 Å². The van der Waals surface area contributed by atoms with Crippen LogP contribution in [0.3, 0.4) is 0 Å². The second-order valence-electron chi connectivity index (χ2n) is 3.98. The van der Waals surface area contributed by atoms with Crippen molar-refractivity contribution in [2.24, 2.45) is 0 Å². The van der Waals surface area contributed by atoms with Gasteiger partial charge in [0.2, 0.25) is 0 Å². The summed E-state index contributed by atoms with van der Waals surface area (Å²) >= 11 is 0. The Bertz CT molecular complexity index is 544. The van der Waals surface area contributed by atoms with Crippen LogP contribution in [0, 0.1) is 0 Å². The minimum atomic E-state index is -4.39. The van der Waals surface area contributed by atoms with Gasteiger partial charge in [0.25, 0.3) is 5.91 Å². The maximum absolute atomic E-state index is 12.4. The van der Waals surface area contributed by atoms with Gasteiger partial charge in [-0.3, -0.25) is 4.79 Å². The highest BCUT2D eigenvalue weighted by Gasteiger charge is 2.30. The average Bonchev–Trinajstić information content (AvgIpc) is 2.88. The summed E-state index contributed by atoms with van der Waals surface area (Å²) in [5.74, 6) is -0.407. The van der Waals surface area contributed by atoms with E-state index in [0.29, 0.717) is 6.54 Å². The lowest BCUT2D eigenvalue weighted by molar-refractivity contribution is -0.137. The van der Waals surface area contributed by atoms with Gasteiger partial charge in [-0.2, -0.15) is 13.2 Å². The molecule has 3 nitrogen and oxygen atoms in total. The Morgan fingerprint density at radius 1 is 1.16 bits per heavy atom. The van der Waals surface area contributed by atoms with Crippen LogP contribution in [-0.4, -0.2) is 10.9 Å². The second kappa shape index (κ2) is 5.17. The summed E-state index contributed by atoms with van der Waals surface area (Å²) in [6.07, 6.45) is -0.938. The van der Waals surface area contributed by atoms with Crippen molar-refractivity contribution in [2.75, 3.05) is 0 Å². The lowest BCUT2D eigenvalue weighted by Crippen LogP contribution is -2.22. The first kappa shape index (κ1) is 13.2. The molecule has 1 amide bonds. The zero-order valence-electron chi connectivity index (χ0n) is 9.79. The molecule has 0 unspecified atom stereocenters. The van der Waals surface area contributed by atoms with Crippen molar-refractivity contribution >= 4 is 5.91 Å². The molecule has 0 bridgehead atoms. The predicted molar refractivity (Wildman–Crippen MR) is 63.4 cm³/mol. The number of aromatic nitrogens is 1. The fourth-order valence-electron chi connectivity index (χ4n) is 1.56. The summed E-state index contributed by atoms with van der Waals surface area (Å²) in [7, 11) is 0. The van der Waals surface area contributed by atoms with Crippen molar-refractivity contribution < 1.29 is 18.0 Å². The Labute approximate surface area is 107 Å². The molecule has 0 spiro atoms. The Morgan fingerprint density at radius 2 is 1.84 bits per heavy atom. The summed E-state index contributed by atoms with van der Waals surface area (Å²) in [5, 5.41) is 2.62.